The number of fused-ring (bicyclic) bond motifs is 1. The van der Waals surface area contributed by atoms with Crippen LogP contribution in [0.4, 0.5) is 0 Å². The summed E-state index contributed by atoms with van der Waals surface area (Å²) >= 11 is 0. The number of rotatable bonds is 2. The van der Waals surface area contributed by atoms with Crippen LogP contribution in [-0.4, -0.2) is 4.98 Å². The van der Waals surface area contributed by atoms with Gasteiger partial charge in [-0.25, -0.2) is 0 Å². The van der Waals surface area contributed by atoms with Gasteiger partial charge in [0.25, 0.3) is 0 Å². The topological polar surface area (TPSA) is 12.9 Å². The fourth-order valence-electron chi connectivity index (χ4n) is 2.12. The number of hydrogen-bond acceptors (Lipinski definition) is 1. The molecule has 1 nitrogen and oxygen atoms in total. The van der Waals surface area contributed by atoms with Crippen molar-refractivity contribution in [3.8, 4) is 0 Å². The minimum Gasteiger partial charge on any atom is -0.256 e. The molecule has 0 saturated heterocycles. The molecule has 1 heterocycles. The van der Waals surface area contributed by atoms with Gasteiger partial charge >= 0.3 is 0 Å². The third-order valence-electron chi connectivity index (χ3n) is 3.23. The molecule has 0 bridgehead atoms. The van der Waals surface area contributed by atoms with Crippen molar-refractivity contribution in [1.29, 1.82) is 0 Å². The molecular weight excluding hydrogens is 218 g/mol. The van der Waals surface area contributed by atoms with Gasteiger partial charge in [-0.15, -0.1) is 0 Å². The second-order valence-electron chi connectivity index (χ2n) is 4.43. The molecular formula is C17H19N. The van der Waals surface area contributed by atoms with Crippen LogP contribution in [0.3, 0.4) is 0 Å². The second kappa shape index (κ2) is 5.63. The van der Waals surface area contributed by atoms with Crippen molar-refractivity contribution in [2.75, 3.05) is 0 Å². The van der Waals surface area contributed by atoms with Crippen molar-refractivity contribution >= 4 is 22.6 Å². The molecule has 0 radical (unpaired) electrons. The normalized spacial score (nSPS) is 14.5. The zero-order chi connectivity index (χ0) is 13.0. The van der Waals surface area contributed by atoms with Crippen molar-refractivity contribution in [3.05, 3.63) is 53.1 Å². The zero-order valence-corrected chi connectivity index (χ0v) is 11.3. The van der Waals surface area contributed by atoms with Gasteiger partial charge in [0.2, 0.25) is 0 Å². The van der Waals surface area contributed by atoms with Crippen LogP contribution < -0.4 is 10.4 Å². The Hall–Kier alpha value is -1.89. The van der Waals surface area contributed by atoms with Crippen LogP contribution in [0.5, 0.6) is 0 Å². The molecule has 1 aromatic heterocycles. The summed E-state index contributed by atoms with van der Waals surface area (Å²) in [5.74, 6) is 0. The molecule has 0 spiro atoms. The summed E-state index contributed by atoms with van der Waals surface area (Å²) in [5, 5.41) is 3.74. The SMILES string of the molecule is C/C=C\C=c1\ccc2cccnc2c1=C(C)CC. The molecule has 0 N–H and O–H groups in total. The number of aromatic nitrogens is 1. The highest BCUT2D eigenvalue weighted by Crippen LogP contribution is 2.06. The minimum absolute atomic E-state index is 1.05. The lowest BCUT2D eigenvalue weighted by Crippen LogP contribution is -2.27. The molecule has 0 amide bonds. The van der Waals surface area contributed by atoms with Crippen LogP contribution in [0, 0.1) is 0 Å². The summed E-state index contributed by atoms with van der Waals surface area (Å²) < 4.78 is 0. The van der Waals surface area contributed by atoms with Crippen LogP contribution in [0.2, 0.25) is 0 Å². The maximum absolute atomic E-state index is 4.55. The van der Waals surface area contributed by atoms with Gasteiger partial charge in [0.05, 0.1) is 5.52 Å². The molecule has 1 aromatic carbocycles. The van der Waals surface area contributed by atoms with Gasteiger partial charge in [0.1, 0.15) is 0 Å². The first kappa shape index (κ1) is 12.6. The number of allylic oxidation sites excluding steroid dienone is 2. The first-order chi connectivity index (χ1) is 8.77. The summed E-state index contributed by atoms with van der Waals surface area (Å²) in [4.78, 5) is 4.55. The van der Waals surface area contributed by atoms with E-state index in [-0.39, 0.29) is 0 Å². The molecule has 0 aliphatic rings. The average Bonchev–Trinajstić information content (AvgIpc) is 2.43. The van der Waals surface area contributed by atoms with Crippen LogP contribution in [0.15, 0.2) is 42.6 Å². The Bertz CT molecular complexity index is 693. The number of pyridine rings is 1. The monoisotopic (exact) mass is 237 g/mol. The standard InChI is InChI=1S/C17H19N/c1-4-6-8-14-10-11-15-9-7-12-18-17(15)16(14)13(3)5-2/h4,6-12H,5H2,1-3H3/b6-4-,14-8-,16-13?. The molecule has 92 valence electrons. The third-order valence-corrected chi connectivity index (χ3v) is 3.23. The van der Waals surface area contributed by atoms with Crippen LogP contribution >= 0.6 is 0 Å². The van der Waals surface area contributed by atoms with Crippen molar-refractivity contribution in [2.24, 2.45) is 0 Å². The van der Waals surface area contributed by atoms with E-state index in [2.05, 4.69) is 49.2 Å². The molecule has 1 heteroatoms. The van der Waals surface area contributed by atoms with Crippen LogP contribution in [0.1, 0.15) is 27.2 Å². The van der Waals surface area contributed by atoms with E-state index in [1.165, 1.54) is 21.4 Å². The smallest absolute Gasteiger partial charge is 0.0779 e. The van der Waals surface area contributed by atoms with Gasteiger partial charge in [-0.2, -0.15) is 0 Å². The minimum atomic E-state index is 1.05. The van der Waals surface area contributed by atoms with E-state index in [4.69, 9.17) is 0 Å². The number of benzene rings is 1. The predicted octanol–water partition coefficient (Wildman–Crippen LogP) is 3.17. The molecule has 0 aliphatic carbocycles. The van der Waals surface area contributed by atoms with Crippen LogP contribution in [0.25, 0.3) is 22.6 Å². The highest BCUT2D eigenvalue weighted by atomic mass is 14.6. The van der Waals surface area contributed by atoms with Crippen molar-refractivity contribution in [2.45, 2.75) is 27.2 Å². The molecule has 18 heavy (non-hydrogen) atoms. The maximum Gasteiger partial charge on any atom is 0.0779 e. The van der Waals surface area contributed by atoms with E-state index in [9.17, 15) is 0 Å². The molecule has 0 atom stereocenters. The Labute approximate surface area is 108 Å². The van der Waals surface area contributed by atoms with Crippen molar-refractivity contribution in [3.63, 3.8) is 0 Å². The van der Waals surface area contributed by atoms with Crippen LogP contribution in [-0.2, 0) is 0 Å². The predicted molar refractivity (Wildman–Crippen MR) is 79.6 cm³/mol. The lowest BCUT2D eigenvalue weighted by molar-refractivity contribution is 1.20. The lowest BCUT2D eigenvalue weighted by Gasteiger charge is -2.02. The Morgan fingerprint density at radius 3 is 2.83 bits per heavy atom. The van der Waals surface area contributed by atoms with E-state index in [1.807, 2.05) is 25.3 Å². The number of nitrogens with zero attached hydrogens (tertiary/aromatic N) is 1. The second-order valence-corrected chi connectivity index (χ2v) is 4.43. The quantitative estimate of drug-likeness (QED) is 0.782. The van der Waals surface area contributed by atoms with Crippen molar-refractivity contribution in [1.82, 2.24) is 4.98 Å². The van der Waals surface area contributed by atoms with Gasteiger partial charge in [-0.3, -0.25) is 4.98 Å². The summed E-state index contributed by atoms with van der Waals surface area (Å²) in [6.45, 7) is 6.42. The fourth-order valence-corrected chi connectivity index (χ4v) is 2.12. The van der Waals surface area contributed by atoms with Gasteiger partial charge in [-0.1, -0.05) is 48.9 Å². The van der Waals surface area contributed by atoms with Gasteiger partial charge < -0.3 is 0 Å². The Balaban J connectivity index is 2.99. The van der Waals surface area contributed by atoms with Crippen molar-refractivity contribution < 1.29 is 0 Å². The van der Waals surface area contributed by atoms with E-state index in [1.54, 1.807) is 0 Å². The van der Waals surface area contributed by atoms with Gasteiger partial charge in [-0.05, 0) is 31.6 Å². The van der Waals surface area contributed by atoms with Gasteiger partial charge in [0, 0.05) is 16.8 Å². The van der Waals surface area contributed by atoms with E-state index >= 15 is 0 Å². The van der Waals surface area contributed by atoms with E-state index in [0.717, 1.165) is 11.9 Å². The number of hydrogen-bond donors (Lipinski definition) is 0. The van der Waals surface area contributed by atoms with Gasteiger partial charge in [0.15, 0.2) is 0 Å². The molecule has 2 rings (SSSR count). The Kier molecular flexibility index (Phi) is 3.93. The Morgan fingerprint density at radius 2 is 2.11 bits per heavy atom. The average molecular weight is 237 g/mol. The molecule has 0 unspecified atom stereocenters. The maximum atomic E-state index is 4.55. The summed E-state index contributed by atoms with van der Waals surface area (Å²) in [5.41, 5.74) is 2.49. The fraction of sp³-hybridized carbons (Fsp3) is 0.235. The van der Waals surface area contributed by atoms with E-state index < -0.39 is 0 Å². The van der Waals surface area contributed by atoms with E-state index in [0.29, 0.717) is 0 Å². The highest BCUT2D eigenvalue weighted by Gasteiger charge is 1.99. The largest absolute Gasteiger partial charge is 0.256 e. The molecule has 0 aliphatic heterocycles. The zero-order valence-electron chi connectivity index (χ0n) is 11.3. The lowest BCUT2D eigenvalue weighted by atomic mass is 10.1. The molecule has 0 fully saturated rings. The summed E-state index contributed by atoms with van der Waals surface area (Å²) in [6, 6.07) is 8.43. The Morgan fingerprint density at radius 1 is 1.28 bits per heavy atom. The summed E-state index contributed by atoms with van der Waals surface area (Å²) in [7, 11) is 0. The molecule has 0 saturated carbocycles. The first-order valence-corrected chi connectivity index (χ1v) is 6.44. The molecule has 2 aromatic rings. The third kappa shape index (κ3) is 2.35. The first-order valence-electron chi connectivity index (χ1n) is 6.44. The highest BCUT2D eigenvalue weighted by molar-refractivity contribution is 5.81. The summed E-state index contributed by atoms with van der Waals surface area (Å²) in [6.07, 6.45) is 9.20.